The Kier molecular flexibility index (Phi) is 5.09. The topological polar surface area (TPSA) is 15.3 Å². The molecule has 0 aromatic heterocycles. The second kappa shape index (κ2) is 6.17. The lowest BCUT2D eigenvalue weighted by atomic mass is 10.3. The lowest BCUT2D eigenvalue weighted by molar-refractivity contribution is 0.252. The van der Waals surface area contributed by atoms with Gasteiger partial charge in [-0.15, -0.1) is 6.58 Å². The first-order valence-electron chi connectivity index (χ1n) is 5.40. The minimum atomic E-state index is 0.701. The van der Waals surface area contributed by atoms with Crippen LogP contribution in [0.5, 0.6) is 0 Å². The van der Waals surface area contributed by atoms with E-state index in [2.05, 4.69) is 23.7 Å². The third-order valence-electron chi connectivity index (χ3n) is 2.73. The zero-order valence-corrected chi connectivity index (χ0v) is 8.76. The molecule has 0 aromatic rings. The number of hydrogen-bond donors (Lipinski definition) is 1. The summed E-state index contributed by atoms with van der Waals surface area (Å²) in [6, 6.07) is 0.701. The van der Waals surface area contributed by atoms with Crippen LogP contribution in [-0.4, -0.2) is 37.1 Å². The van der Waals surface area contributed by atoms with Gasteiger partial charge < -0.3 is 5.32 Å². The SMILES string of the molecule is C=CCCNCC(C)N1CCCC1. The van der Waals surface area contributed by atoms with Gasteiger partial charge in [0, 0.05) is 12.6 Å². The summed E-state index contributed by atoms with van der Waals surface area (Å²) in [4.78, 5) is 2.57. The van der Waals surface area contributed by atoms with Gasteiger partial charge in [-0.1, -0.05) is 6.08 Å². The molecule has 0 aromatic carbocycles. The first-order valence-corrected chi connectivity index (χ1v) is 5.40. The lowest BCUT2D eigenvalue weighted by Gasteiger charge is -2.23. The second-order valence-electron chi connectivity index (χ2n) is 3.87. The summed E-state index contributed by atoms with van der Waals surface area (Å²) in [5.74, 6) is 0. The quantitative estimate of drug-likeness (QED) is 0.496. The van der Waals surface area contributed by atoms with Crippen LogP contribution < -0.4 is 5.32 Å². The highest BCUT2D eigenvalue weighted by atomic mass is 15.2. The van der Waals surface area contributed by atoms with E-state index in [0.29, 0.717) is 6.04 Å². The Morgan fingerprint density at radius 3 is 2.77 bits per heavy atom. The summed E-state index contributed by atoms with van der Waals surface area (Å²) in [5, 5.41) is 3.45. The Bertz CT molecular complexity index is 139. The lowest BCUT2D eigenvalue weighted by Crippen LogP contribution is -2.38. The minimum Gasteiger partial charge on any atom is -0.315 e. The van der Waals surface area contributed by atoms with Gasteiger partial charge in [0.1, 0.15) is 0 Å². The van der Waals surface area contributed by atoms with E-state index in [0.717, 1.165) is 19.5 Å². The number of likely N-dealkylation sites (tertiary alicyclic amines) is 1. The molecule has 1 saturated heterocycles. The fourth-order valence-electron chi connectivity index (χ4n) is 1.83. The van der Waals surface area contributed by atoms with Gasteiger partial charge in [-0.3, -0.25) is 4.90 Å². The van der Waals surface area contributed by atoms with Gasteiger partial charge >= 0.3 is 0 Å². The van der Waals surface area contributed by atoms with Gasteiger partial charge in [-0.2, -0.15) is 0 Å². The zero-order valence-electron chi connectivity index (χ0n) is 8.76. The molecule has 1 unspecified atom stereocenters. The molecule has 0 amide bonds. The molecule has 1 aliphatic rings. The van der Waals surface area contributed by atoms with Crippen molar-refractivity contribution in [2.75, 3.05) is 26.2 Å². The highest BCUT2D eigenvalue weighted by Crippen LogP contribution is 2.10. The maximum Gasteiger partial charge on any atom is 0.0192 e. The van der Waals surface area contributed by atoms with Gasteiger partial charge in [0.25, 0.3) is 0 Å². The predicted octanol–water partition coefficient (Wildman–Crippen LogP) is 1.64. The Morgan fingerprint density at radius 2 is 2.15 bits per heavy atom. The van der Waals surface area contributed by atoms with Crippen LogP contribution in [0.1, 0.15) is 26.2 Å². The third-order valence-corrected chi connectivity index (χ3v) is 2.73. The van der Waals surface area contributed by atoms with Crippen molar-refractivity contribution in [2.24, 2.45) is 0 Å². The zero-order chi connectivity index (χ0) is 9.52. The van der Waals surface area contributed by atoms with Gasteiger partial charge in [0.05, 0.1) is 0 Å². The smallest absolute Gasteiger partial charge is 0.0192 e. The summed E-state index contributed by atoms with van der Waals surface area (Å²) in [7, 11) is 0. The molecule has 1 heterocycles. The van der Waals surface area contributed by atoms with Crippen LogP contribution in [0, 0.1) is 0 Å². The van der Waals surface area contributed by atoms with E-state index in [1.807, 2.05) is 6.08 Å². The minimum absolute atomic E-state index is 0.701. The van der Waals surface area contributed by atoms with E-state index < -0.39 is 0 Å². The molecule has 0 saturated carbocycles. The number of rotatable bonds is 6. The van der Waals surface area contributed by atoms with Crippen LogP contribution >= 0.6 is 0 Å². The standard InChI is InChI=1S/C11H22N2/c1-3-4-7-12-10-11(2)13-8-5-6-9-13/h3,11-12H,1,4-10H2,2H3. The predicted molar refractivity (Wildman–Crippen MR) is 58.0 cm³/mol. The molecule has 2 nitrogen and oxygen atoms in total. The van der Waals surface area contributed by atoms with Crippen molar-refractivity contribution in [3.05, 3.63) is 12.7 Å². The van der Waals surface area contributed by atoms with Gasteiger partial charge in [-0.25, -0.2) is 0 Å². The van der Waals surface area contributed by atoms with Crippen LogP contribution in [0.25, 0.3) is 0 Å². The van der Waals surface area contributed by atoms with Gasteiger partial charge in [-0.05, 0) is 45.8 Å². The van der Waals surface area contributed by atoms with E-state index in [1.54, 1.807) is 0 Å². The molecule has 13 heavy (non-hydrogen) atoms. The molecule has 0 radical (unpaired) electrons. The fourth-order valence-corrected chi connectivity index (χ4v) is 1.83. The molecule has 76 valence electrons. The van der Waals surface area contributed by atoms with Gasteiger partial charge in [0.2, 0.25) is 0 Å². The molecule has 0 bridgehead atoms. The Hall–Kier alpha value is -0.340. The Labute approximate surface area is 82.0 Å². The van der Waals surface area contributed by atoms with Crippen molar-refractivity contribution in [1.82, 2.24) is 10.2 Å². The van der Waals surface area contributed by atoms with E-state index in [1.165, 1.54) is 25.9 Å². The van der Waals surface area contributed by atoms with Crippen LogP contribution in [0.2, 0.25) is 0 Å². The number of hydrogen-bond acceptors (Lipinski definition) is 2. The maximum absolute atomic E-state index is 3.70. The van der Waals surface area contributed by atoms with Crippen molar-refractivity contribution < 1.29 is 0 Å². The molecule has 2 heteroatoms. The molecule has 1 rings (SSSR count). The number of nitrogens with one attached hydrogen (secondary N) is 1. The monoisotopic (exact) mass is 182 g/mol. The summed E-state index contributed by atoms with van der Waals surface area (Å²) in [6.45, 7) is 10.8. The molecular weight excluding hydrogens is 160 g/mol. The Balaban J connectivity index is 2.02. The highest BCUT2D eigenvalue weighted by Gasteiger charge is 2.16. The highest BCUT2D eigenvalue weighted by molar-refractivity contribution is 4.75. The van der Waals surface area contributed by atoms with Crippen LogP contribution in [0.4, 0.5) is 0 Å². The van der Waals surface area contributed by atoms with Crippen molar-refractivity contribution in [3.8, 4) is 0 Å². The molecular formula is C11H22N2. The fraction of sp³-hybridized carbons (Fsp3) is 0.818. The van der Waals surface area contributed by atoms with E-state index in [4.69, 9.17) is 0 Å². The van der Waals surface area contributed by atoms with Crippen molar-refractivity contribution in [3.63, 3.8) is 0 Å². The molecule has 0 spiro atoms. The first kappa shape index (κ1) is 10.7. The maximum atomic E-state index is 3.70. The normalized spacial score (nSPS) is 20.4. The average molecular weight is 182 g/mol. The third kappa shape index (κ3) is 3.92. The second-order valence-corrected chi connectivity index (χ2v) is 3.87. The van der Waals surface area contributed by atoms with Crippen molar-refractivity contribution >= 4 is 0 Å². The largest absolute Gasteiger partial charge is 0.315 e. The van der Waals surface area contributed by atoms with Crippen LogP contribution in [-0.2, 0) is 0 Å². The van der Waals surface area contributed by atoms with E-state index >= 15 is 0 Å². The summed E-state index contributed by atoms with van der Waals surface area (Å²) in [5.41, 5.74) is 0. The summed E-state index contributed by atoms with van der Waals surface area (Å²) < 4.78 is 0. The average Bonchev–Trinajstić information content (AvgIpc) is 2.65. The van der Waals surface area contributed by atoms with E-state index in [9.17, 15) is 0 Å². The molecule has 1 fully saturated rings. The molecule has 1 N–H and O–H groups in total. The molecule has 1 aliphatic heterocycles. The van der Waals surface area contributed by atoms with Crippen molar-refractivity contribution in [1.29, 1.82) is 0 Å². The van der Waals surface area contributed by atoms with Crippen LogP contribution in [0.3, 0.4) is 0 Å². The Morgan fingerprint density at radius 1 is 1.46 bits per heavy atom. The molecule has 0 aliphatic carbocycles. The van der Waals surface area contributed by atoms with Crippen LogP contribution in [0.15, 0.2) is 12.7 Å². The van der Waals surface area contributed by atoms with E-state index in [-0.39, 0.29) is 0 Å². The first-order chi connectivity index (χ1) is 6.34. The number of nitrogens with zero attached hydrogens (tertiary/aromatic N) is 1. The summed E-state index contributed by atoms with van der Waals surface area (Å²) in [6.07, 6.45) is 5.81. The molecule has 1 atom stereocenters. The van der Waals surface area contributed by atoms with Gasteiger partial charge in [0.15, 0.2) is 0 Å². The summed E-state index contributed by atoms with van der Waals surface area (Å²) >= 11 is 0. The van der Waals surface area contributed by atoms with Crippen molar-refractivity contribution in [2.45, 2.75) is 32.2 Å².